The summed E-state index contributed by atoms with van der Waals surface area (Å²) in [5.41, 5.74) is 0.903. The standard InChI is InChI=1S/C13H10Br2ClN3/c14-9-4-3-8(5-10(9)16)17-12-6-11(15)18-13(19-12)7-1-2-7/h3-7H,1-2H2,(H,17,18,19). The number of anilines is 2. The van der Waals surface area contributed by atoms with Crippen molar-refractivity contribution in [3.05, 3.63) is 44.2 Å². The molecule has 1 N–H and O–H groups in total. The Hall–Kier alpha value is -0.650. The highest BCUT2D eigenvalue weighted by Crippen LogP contribution is 2.39. The summed E-state index contributed by atoms with van der Waals surface area (Å²) in [6.07, 6.45) is 2.36. The molecule has 0 amide bonds. The summed E-state index contributed by atoms with van der Waals surface area (Å²) in [5.74, 6) is 2.20. The molecule has 1 aliphatic carbocycles. The second kappa shape index (κ2) is 5.38. The molecule has 0 bridgehead atoms. The molecule has 0 spiro atoms. The van der Waals surface area contributed by atoms with Gasteiger partial charge in [0.2, 0.25) is 0 Å². The molecule has 19 heavy (non-hydrogen) atoms. The minimum Gasteiger partial charge on any atom is -0.340 e. The highest BCUT2D eigenvalue weighted by molar-refractivity contribution is 9.10. The summed E-state index contributed by atoms with van der Waals surface area (Å²) in [6.45, 7) is 0. The van der Waals surface area contributed by atoms with Crippen LogP contribution in [0.1, 0.15) is 24.6 Å². The van der Waals surface area contributed by atoms with Crippen molar-refractivity contribution in [1.82, 2.24) is 9.97 Å². The van der Waals surface area contributed by atoms with Gasteiger partial charge in [0.15, 0.2) is 0 Å². The average Bonchev–Trinajstić information content (AvgIpc) is 3.17. The van der Waals surface area contributed by atoms with Crippen molar-refractivity contribution in [2.45, 2.75) is 18.8 Å². The first kappa shape index (κ1) is 13.3. The van der Waals surface area contributed by atoms with Gasteiger partial charge in [-0.3, -0.25) is 0 Å². The van der Waals surface area contributed by atoms with Crippen molar-refractivity contribution in [3.63, 3.8) is 0 Å². The van der Waals surface area contributed by atoms with E-state index in [1.165, 1.54) is 12.8 Å². The van der Waals surface area contributed by atoms with Crippen LogP contribution in [0.2, 0.25) is 5.02 Å². The van der Waals surface area contributed by atoms with Gasteiger partial charge >= 0.3 is 0 Å². The van der Waals surface area contributed by atoms with E-state index in [1.54, 1.807) is 0 Å². The van der Waals surface area contributed by atoms with Gasteiger partial charge in [0.25, 0.3) is 0 Å². The van der Waals surface area contributed by atoms with E-state index in [1.807, 2.05) is 24.3 Å². The van der Waals surface area contributed by atoms with Crippen molar-refractivity contribution < 1.29 is 0 Å². The highest BCUT2D eigenvalue weighted by atomic mass is 79.9. The number of hydrogen-bond acceptors (Lipinski definition) is 3. The molecule has 1 aromatic heterocycles. The van der Waals surface area contributed by atoms with Gasteiger partial charge < -0.3 is 5.32 Å². The van der Waals surface area contributed by atoms with Gasteiger partial charge in [-0.15, -0.1) is 0 Å². The van der Waals surface area contributed by atoms with Crippen LogP contribution in [0.15, 0.2) is 33.3 Å². The van der Waals surface area contributed by atoms with Crippen molar-refractivity contribution in [2.24, 2.45) is 0 Å². The lowest BCUT2D eigenvalue weighted by atomic mass is 10.3. The summed E-state index contributed by atoms with van der Waals surface area (Å²) in [4.78, 5) is 8.94. The molecule has 1 fully saturated rings. The Bertz CT molecular complexity index is 629. The Morgan fingerprint density at radius 3 is 2.63 bits per heavy atom. The largest absolute Gasteiger partial charge is 0.340 e. The van der Waals surface area contributed by atoms with E-state index in [4.69, 9.17) is 11.6 Å². The van der Waals surface area contributed by atoms with Gasteiger partial charge in [0.05, 0.1) is 5.02 Å². The molecule has 2 aromatic rings. The van der Waals surface area contributed by atoms with Gasteiger partial charge in [-0.25, -0.2) is 9.97 Å². The van der Waals surface area contributed by atoms with E-state index < -0.39 is 0 Å². The fourth-order valence-electron chi connectivity index (χ4n) is 1.75. The van der Waals surface area contributed by atoms with E-state index in [0.717, 1.165) is 26.4 Å². The van der Waals surface area contributed by atoms with Crippen molar-refractivity contribution in [3.8, 4) is 0 Å². The molecule has 0 aliphatic heterocycles. The first-order valence-electron chi connectivity index (χ1n) is 5.88. The molecule has 0 atom stereocenters. The predicted octanol–water partition coefficient (Wildman–Crippen LogP) is 5.28. The minimum absolute atomic E-state index is 0.520. The van der Waals surface area contributed by atoms with Crippen LogP contribution in [0.3, 0.4) is 0 Å². The summed E-state index contributed by atoms with van der Waals surface area (Å²) < 4.78 is 1.68. The average molecular weight is 404 g/mol. The molecule has 0 unspecified atom stereocenters. The Kier molecular flexibility index (Phi) is 3.78. The summed E-state index contributed by atoms with van der Waals surface area (Å²) in [6, 6.07) is 7.58. The smallest absolute Gasteiger partial charge is 0.135 e. The van der Waals surface area contributed by atoms with E-state index in [-0.39, 0.29) is 0 Å². The number of halogens is 3. The zero-order valence-corrected chi connectivity index (χ0v) is 13.8. The fourth-order valence-corrected chi connectivity index (χ4v) is 2.57. The van der Waals surface area contributed by atoms with Crippen LogP contribution in [-0.4, -0.2) is 9.97 Å². The normalized spacial score (nSPS) is 14.5. The van der Waals surface area contributed by atoms with E-state index in [0.29, 0.717) is 10.9 Å². The number of rotatable bonds is 3. The minimum atomic E-state index is 0.520. The molecule has 1 heterocycles. The zero-order valence-electron chi connectivity index (χ0n) is 9.83. The molecule has 1 aromatic carbocycles. The van der Waals surface area contributed by atoms with E-state index >= 15 is 0 Å². The molecule has 3 rings (SSSR count). The lowest BCUT2D eigenvalue weighted by Gasteiger charge is -2.08. The van der Waals surface area contributed by atoms with Crippen LogP contribution < -0.4 is 5.32 Å². The molecule has 0 radical (unpaired) electrons. The molecule has 6 heteroatoms. The zero-order chi connectivity index (χ0) is 13.4. The van der Waals surface area contributed by atoms with Gasteiger partial charge in [-0.05, 0) is 62.9 Å². The Morgan fingerprint density at radius 2 is 1.95 bits per heavy atom. The Morgan fingerprint density at radius 1 is 1.16 bits per heavy atom. The van der Waals surface area contributed by atoms with Gasteiger partial charge in [0.1, 0.15) is 16.2 Å². The number of hydrogen-bond donors (Lipinski definition) is 1. The third kappa shape index (κ3) is 3.27. The maximum absolute atomic E-state index is 6.07. The topological polar surface area (TPSA) is 37.8 Å². The van der Waals surface area contributed by atoms with Gasteiger partial charge in [0, 0.05) is 22.1 Å². The molecule has 98 valence electrons. The van der Waals surface area contributed by atoms with E-state index in [2.05, 4.69) is 47.1 Å². The second-order valence-corrected chi connectivity index (χ2v) is 6.54. The first-order valence-corrected chi connectivity index (χ1v) is 7.85. The first-order chi connectivity index (χ1) is 9.11. The lowest BCUT2D eigenvalue weighted by molar-refractivity contribution is 0.919. The maximum Gasteiger partial charge on any atom is 0.135 e. The molecule has 1 aliphatic rings. The Balaban J connectivity index is 1.87. The lowest BCUT2D eigenvalue weighted by Crippen LogP contribution is -1.99. The fraction of sp³-hybridized carbons (Fsp3) is 0.231. The third-order valence-corrected chi connectivity index (χ3v) is 4.49. The molecular weight excluding hydrogens is 393 g/mol. The van der Waals surface area contributed by atoms with Gasteiger partial charge in [-0.1, -0.05) is 11.6 Å². The number of nitrogens with one attached hydrogen (secondary N) is 1. The number of aromatic nitrogens is 2. The van der Waals surface area contributed by atoms with Crippen molar-refractivity contribution in [2.75, 3.05) is 5.32 Å². The predicted molar refractivity (Wildman–Crippen MR) is 84.1 cm³/mol. The highest BCUT2D eigenvalue weighted by Gasteiger charge is 2.27. The maximum atomic E-state index is 6.07. The van der Waals surface area contributed by atoms with Crippen LogP contribution in [0.25, 0.3) is 0 Å². The molecular formula is C13H10Br2ClN3. The van der Waals surface area contributed by atoms with Crippen LogP contribution in [0.4, 0.5) is 11.5 Å². The van der Waals surface area contributed by atoms with Crippen LogP contribution in [0, 0.1) is 0 Å². The molecule has 1 saturated carbocycles. The SMILES string of the molecule is Clc1cc(Nc2cc(Br)nc(C3CC3)n2)ccc1Br. The van der Waals surface area contributed by atoms with Crippen molar-refractivity contribution in [1.29, 1.82) is 0 Å². The molecule has 0 saturated heterocycles. The van der Waals surface area contributed by atoms with Crippen LogP contribution >= 0.6 is 43.5 Å². The summed E-state index contributed by atoms with van der Waals surface area (Å²) in [5, 5.41) is 3.92. The summed E-state index contributed by atoms with van der Waals surface area (Å²) >= 11 is 12.9. The van der Waals surface area contributed by atoms with Crippen LogP contribution in [-0.2, 0) is 0 Å². The van der Waals surface area contributed by atoms with E-state index in [9.17, 15) is 0 Å². The third-order valence-electron chi connectivity index (χ3n) is 2.85. The Labute approximate surface area is 133 Å². The number of benzene rings is 1. The molecule has 3 nitrogen and oxygen atoms in total. The van der Waals surface area contributed by atoms with Gasteiger partial charge in [-0.2, -0.15) is 0 Å². The van der Waals surface area contributed by atoms with Crippen molar-refractivity contribution >= 4 is 55.0 Å². The second-order valence-electron chi connectivity index (χ2n) is 4.46. The van der Waals surface area contributed by atoms with Crippen LogP contribution in [0.5, 0.6) is 0 Å². The quantitative estimate of drug-likeness (QED) is 0.709. The summed E-state index contributed by atoms with van der Waals surface area (Å²) in [7, 11) is 0. The number of nitrogens with zero attached hydrogens (tertiary/aromatic N) is 2. The monoisotopic (exact) mass is 401 g/mol.